The average Bonchev–Trinajstić information content (AvgIpc) is 3.21. The number of thiazole rings is 1. The summed E-state index contributed by atoms with van der Waals surface area (Å²) in [6.45, 7) is 0. The zero-order chi connectivity index (χ0) is 21.7. The molecule has 1 amide bonds. The summed E-state index contributed by atoms with van der Waals surface area (Å²) in [5, 5.41) is 7.71. The average molecular weight is 448 g/mol. The molecule has 156 valence electrons. The molecule has 0 atom stereocenters. The minimum absolute atomic E-state index is 0.0728. The van der Waals surface area contributed by atoms with Gasteiger partial charge < -0.3 is 19.5 Å². The van der Waals surface area contributed by atoms with Crippen molar-refractivity contribution in [1.29, 1.82) is 0 Å². The van der Waals surface area contributed by atoms with Gasteiger partial charge in [-0.2, -0.15) is 0 Å². The normalized spacial score (nSPS) is 10.3. The highest BCUT2D eigenvalue weighted by molar-refractivity contribution is 7.80. The molecule has 7 nitrogen and oxygen atoms in total. The monoisotopic (exact) mass is 447 g/mol. The van der Waals surface area contributed by atoms with Gasteiger partial charge in [0.15, 0.2) is 21.8 Å². The maximum atomic E-state index is 13.9. The Labute approximate surface area is 181 Å². The predicted molar refractivity (Wildman–Crippen MR) is 117 cm³/mol. The fourth-order valence-electron chi connectivity index (χ4n) is 2.53. The number of amides is 1. The van der Waals surface area contributed by atoms with Gasteiger partial charge in [-0.05, 0) is 42.5 Å². The van der Waals surface area contributed by atoms with Crippen LogP contribution in [0.15, 0.2) is 41.8 Å². The number of nitrogens with one attached hydrogen (secondary N) is 2. The molecule has 1 heterocycles. The molecule has 10 heteroatoms. The van der Waals surface area contributed by atoms with Crippen molar-refractivity contribution in [3.63, 3.8) is 0 Å². The van der Waals surface area contributed by atoms with Gasteiger partial charge in [0.05, 0.1) is 27.0 Å². The van der Waals surface area contributed by atoms with Gasteiger partial charge in [-0.3, -0.25) is 10.1 Å². The van der Waals surface area contributed by atoms with E-state index in [1.165, 1.54) is 44.8 Å². The SMILES string of the molecule is COc1cc(OC)cc(C(=O)NC(=S)Nc2nc(-c3ccc(OC)c(F)c3)cs2)c1. The van der Waals surface area contributed by atoms with E-state index in [0.717, 1.165) is 0 Å². The number of hydrogen-bond acceptors (Lipinski definition) is 7. The topological polar surface area (TPSA) is 81.7 Å². The van der Waals surface area contributed by atoms with Gasteiger partial charge in [0.25, 0.3) is 5.91 Å². The molecule has 0 spiro atoms. The third kappa shape index (κ3) is 5.02. The summed E-state index contributed by atoms with van der Waals surface area (Å²) in [6.07, 6.45) is 0. The first-order valence-electron chi connectivity index (χ1n) is 8.58. The fourth-order valence-corrected chi connectivity index (χ4v) is 3.51. The molecule has 1 aromatic heterocycles. The number of methoxy groups -OCH3 is 3. The van der Waals surface area contributed by atoms with Gasteiger partial charge in [0.2, 0.25) is 0 Å². The largest absolute Gasteiger partial charge is 0.497 e. The first-order valence-corrected chi connectivity index (χ1v) is 9.87. The lowest BCUT2D eigenvalue weighted by molar-refractivity contribution is 0.0977. The molecule has 2 N–H and O–H groups in total. The molecule has 0 aliphatic rings. The summed E-state index contributed by atoms with van der Waals surface area (Å²) < 4.78 is 29.2. The van der Waals surface area contributed by atoms with E-state index in [1.54, 1.807) is 29.6 Å². The van der Waals surface area contributed by atoms with Crippen LogP contribution in [-0.4, -0.2) is 37.3 Å². The second kappa shape index (κ2) is 9.51. The van der Waals surface area contributed by atoms with Crippen LogP contribution in [0, 0.1) is 5.82 Å². The Morgan fingerprint density at radius 3 is 2.37 bits per heavy atom. The van der Waals surface area contributed by atoms with E-state index in [-0.39, 0.29) is 10.9 Å². The van der Waals surface area contributed by atoms with E-state index in [9.17, 15) is 9.18 Å². The van der Waals surface area contributed by atoms with Crippen LogP contribution >= 0.6 is 23.6 Å². The molecule has 0 fully saturated rings. The molecule has 2 aromatic carbocycles. The van der Waals surface area contributed by atoms with Crippen LogP contribution in [0.1, 0.15) is 10.4 Å². The second-order valence-corrected chi connectivity index (χ2v) is 7.16. The van der Waals surface area contributed by atoms with E-state index >= 15 is 0 Å². The van der Waals surface area contributed by atoms with Gasteiger partial charge >= 0.3 is 0 Å². The van der Waals surface area contributed by atoms with Crippen LogP contribution in [0.4, 0.5) is 9.52 Å². The maximum Gasteiger partial charge on any atom is 0.257 e. The molecule has 30 heavy (non-hydrogen) atoms. The van der Waals surface area contributed by atoms with Gasteiger partial charge in [-0.25, -0.2) is 9.37 Å². The standard InChI is InChI=1S/C20H18FN3O4S2/c1-26-13-6-12(7-14(9-13)27-2)18(25)23-19(29)24-20-22-16(10-30-20)11-4-5-17(28-3)15(21)8-11/h4-10H,1-3H3,(H2,22,23,24,25,29). The minimum Gasteiger partial charge on any atom is -0.497 e. The third-order valence-corrected chi connectivity index (χ3v) is 4.97. The first kappa shape index (κ1) is 21.5. The molecule has 0 bridgehead atoms. The van der Waals surface area contributed by atoms with E-state index < -0.39 is 11.7 Å². The Kier molecular flexibility index (Phi) is 6.80. The number of hydrogen-bond donors (Lipinski definition) is 2. The summed E-state index contributed by atoms with van der Waals surface area (Å²) >= 11 is 6.47. The highest BCUT2D eigenvalue weighted by atomic mass is 32.1. The molecular formula is C20H18FN3O4S2. The first-order chi connectivity index (χ1) is 14.4. The Bertz CT molecular complexity index is 1070. The van der Waals surface area contributed by atoms with E-state index in [1.807, 2.05) is 0 Å². The summed E-state index contributed by atoms with van der Waals surface area (Å²) in [4.78, 5) is 16.9. The molecule has 0 saturated carbocycles. The molecular weight excluding hydrogens is 429 g/mol. The molecule has 0 unspecified atom stereocenters. The van der Waals surface area contributed by atoms with Crippen LogP contribution in [0.2, 0.25) is 0 Å². The van der Waals surface area contributed by atoms with Crippen molar-refractivity contribution < 1.29 is 23.4 Å². The van der Waals surface area contributed by atoms with Crippen molar-refractivity contribution in [2.45, 2.75) is 0 Å². The quantitative estimate of drug-likeness (QED) is 0.551. The summed E-state index contributed by atoms with van der Waals surface area (Å²) in [7, 11) is 4.40. The molecule has 0 radical (unpaired) electrons. The Balaban J connectivity index is 1.67. The molecule has 0 saturated heterocycles. The van der Waals surface area contributed by atoms with Gasteiger partial charge in [-0.1, -0.05) is 0 Å². The summed E-state index contributed by atoms with van der Waals surface area (Å²) in [6, 6.07) is 9.38. The van der Waals surface area contributed by atoms with Gasteiger partial charge in [0.1, 0.15) is 11.5 Å². The van der Waals surface area contributed by atoms with Crippen LogP contribution < -0.4 is 24.8 Å². The Morgan fingerprint density at radius 2 is 1.77 bits per heavy atom. The third-order valence-electron chi connectivity index (χ3n) is 4.01. The van der Waals surface area contributed by atoms with E-state index in [2.05, 4.69) is 15.6 Å². The number of thiocarbonyl (C=S) groups is 1. The van der Waals surface area contributed by atoms with Crippen LogP contribution in [0.5, 0.6) is 17.2 Å². The lowest BCUT2D eigenvalue weighted by atomic mass is 10.1. The summed E-state index contributed by atoms with van der Waals surface area (Å²) in [5.74, 6) is 0.211. The van der Waals surface area contributed by atoms with Crippen LogP contribution in [0.25, 0.3) is 11.3 Å². The van der Waals surface area contributed by atoms with Crippen LogP contribution in [-0.2, 0) is 0 Å². The number of carbonyl (C=O) groups excluding carboxylic acids is 1. The van der Waals surface area contributed by atoms with E-state index in [0.29, 0.717) is 33.5 Å². The van der Waals surface area contributed by atoms with Crippen molar-refractivity contribution in [3.8, 4) is 28.5 Å². The highest BCUT2D eigenvalue weighted by Gasteiger charge is 2.13. The lowest BCUT2D eigenvalue weighted by Crippen LogP contribution is -2.34. The molecule has 3 rings (SSSR count). The van der Waals surface area contributed by atoms with Crippen molar-refractivity contribution in [2.24, 2.45) is 0 Å². The number of nitrogens with zero attached hydrogens (tertiary/aromatic N) is 1. The van der Waals surface area contributed by atoms with Gasteiger partial charge in [0, 0.05) is 22.6 Å². The predicted octanol–water partition coefficient (Wildman–Crippen LogP) is 4.10. The number of rotatable bonds is 6. The number of benzene rings is 2. The number of anilines is 1. The fraction of sp³-hybridized carbons (Fsp3) is 0.150. The Morgan fingerprint density at radius 1 is 1.07 bits per heavy atom. The lowest BCUT2D eigenvalue weighted by Gasteiger charge is -2.10. The highest BCUT2D eigenvalue weighted by Crippen LogP contribution is 2.28. The maximum absolute atomic E-state index is 13.9. The molecule has 0 aliphatic carbocycles. The number of aromatic nitrogens is 1. The number of carbonyl (C=O) groups is 1. The zero-order valence-electron chi connectivity index (χ0n) is 16.3. The Hall–Kier alpha value is -3.24. The zero-order valence-corrected chi connectivity index (χ0v) is 17.9. The smallest absolute Gasteiger partial charge is 0.257 e. The summed E-state index contributed by atoms with van der Waals surface area (Å²) in [5.41, 5.74) is 1.48. The van der Waals surface area contributed by atoms with Crippen LogP contribution in [0.3, 0.4) is 0 Å². The number of halogens is 1. The molecule has 3 aromatic rings. The second-order valence-electron chi connectivity index (χ2n) is 5.90. The van der Waals surface area contributed by atoms with Crippen molar-refractivity contribution in [3.05, 3.63) is 53.2 Å². The van der Waals surface area contributed by atoms with Crippen molar-refractivity contribution in [1.82, 2.24) is 10.3 Å². The molecule has 0 aliphatic heterocycles. The van der Waals surface area contributed by atoms with Crippen molar-refractivity contribution >= 4 is 39.7 Å². The van der Waals surface area contributed by atoms with Gasteiger partial charge in [-0.15, -0.1) is 11.3 Å². The van der Waals surface area contributed by atoms with Crippen molar-refractivity contribution in [2.75, 3.05) is 26.6 Å². The minimum atomic E-state index is -0.478. The van der Waals surface area contributed by atoms with E-state index in [4.69, 9.17) is 26.4 Å². The number of ether oxygens (including phenoxy) is 3.